The summed E-state index contributed by atoms with van der Waals surface area (Å²) < 4.78 is 16.2. The molecule has 0 aliphatic rings. The molecule has 1 aromatic heterocycles. The molecule has 0 radical (unpaired) electrons. The quantitative estimate of drug-likeness (QED) is 0.496. The number of methoxy groups -OCH3 is 2. The molecule has 0 aliphatic carbocycles. The molecule has 0 spiro atoms. The van der Waals surface area contributed by atoms with Gasteiger partial charge in [-0.2, -0.15) is 0 Å². The first-order valence-corrected chi connectivity index (χ1v) is 10.8. The molecule has 1 heterocycles. The second-order valence-electron chi connectivity index (χ2n) is 6.71. The topological polar surface area (TPSA) is 81.7 Å². The van der Waals surface area contributed by atoms with Crippen LogP contribution < -0.4 is 24.8 Å². The summed E-state index contributed by atoms with van der Waals surface area (Å²) in [4.78, 5) is 17.0. The summed E-state index contributed by atoms with van der Waals surface area (Å²) in [5.41, 5.74) is 2.08. The third-order valence-corrected chi connectivity index (χ3v) is 5.06. The monoisotopic (exact) mass is 457 g/mol. The van der Waals surface area contributed by atoms with Gasteiger partial charge in [-0.15, -0.1) is 11.3 Å². The molecule has 3 aromatic rings. The van der Waals surface area contributed by atoms with Gasteiger partial charge >= 0.3 is 0 Å². The summed E-state index contributed by atoms with van der Waals surface area (Å²) in [7, 11) is 3.17. The van der Waals surface area contributed by atoms with Crippen molar-refractivity contribution >= 4 is 39.7 Å². The van der Waals surface area contributed by atoms with E-state index in [9.17, 15) is 4.79 Å². The second kappa shape index (κ2) is 10.2. The number of nitrogens with zero attached hydrogens (tertiary/aromatic N) is 1. The zero-order valence-electron chi connectivity index (χ0n) is 17.6. The molecule has 7 nitrogen and oxygen atoms in total. The van der Waals surface area contributed by atoms with Gasteiger partial charge in [0.2, 0.25) is 0 Å². The van der Waals surface area contributed by atoms with Gasteiger partial charge in [-0.3, -0.25) is 10.1 Å². The number of hydrogen-bond donors (Lipinski definition) is 2. The van der Waals surface area contributed by atoms with Crippen LogP contribution in [0, 0.1) is 0 Å². The molecule has 0 saturated heterocycles. The normalized spacial score (nSPS) is 10.5. The number of nitrogens with one attached hydrogen (secondary N) is 2. The Kier molecular flexibility index (Phi) is 7.43. The highest BCUT2D eigenvalue weighted by molar-refractivity contribution is 7.80. The third kappa shape index (κ3) is 5.93. The van der Waals surface area contributed by atoms with E-state index in [4.69, 9.17) is 26.4 Å². The highest BCUT2D eigenvalue weighted by Crippen LogP contribution is 2.33. The van der Waals surface area contributed by atoms with Crippen LogP contribution >= 0.6 is 23.6 Å². The van der Waals surface area contributed by atoms with Gasteiger partial charge in [0.1, 0.15) is 5.75 Å². The minimum absolute atomic E-state index is 0.0193. The Morgan fingerprint density at radius 2 is 1.87 bits per heavy atom. The van der Waals surface area contributed by atoms with Crippen molar-refractivity contribution in [3.05, 3.63) is 53.4 Å². The first-order chi connectivity index (χ1) is 14.9. The number of thiocarbonyl (C=S) groups is 1. The van der Waals surface area contributed by atoms with Gasteiger partial charge < -0.3 is 19.5 Å². The fourth-order valence-corrected chi connectivity index (χ4v) is 3.72. The Bertz CT molecular complexity index is 1080. The zero-order valence-corrected chi connectivity index (χ0v) is 19.2. The van der Waals surface area contributed by atoms with Crippen LogP contribution in [0.1, 0.15) is 24.2 Å². The van der Waals surface area contributed by atoms with E-state index in [1.807, 2.05) is 37.4 Å². The molecular weight excluding hydrogens is 434 g/mol. The SMILES string of the molecule is COc1ccc(-c2csc(NC(=S)NC(=O)c3cccc(OC(C)C)c3)n2)cc1OC. The van der Waals surface area contributed by atoms with Gasteiger partial charge in [0, 0.05) is 16.5 Å². The molecule has 31 heavy (non-hydrogen) atoms. The minimum atomic E-state index is -0.330. The van der Waals surface area contributed by atoms with E-state index in [0.29, 0.717) is 27.9 Å². The number of carbonyl (C=O) groups is 1. The lowest BCUT2D eigenvalue weighted by Crippen LogP contribution is -2.34. The summed E-state index contributed by atoms with van der Waals surface area (Å²) in [5, 5.41) is 8.23. The first kappa shape index (κ1) is 22.5. The predicted molar refractivity (Wildman–Crippen MR) is 127 cm³/mol. The molecule has 9 heteroatoms. The Hall–Kier alpha value is -3.17. The number of hydrogen-bond acceptors (Lipinski definition) is 7. The summed E-state index contributed by atoms with van der Waals surface area (Å²) in [6.07, 6.45) is 0.0193. The van der Waals surface area contributed by atoms with Crippen LogP contribution in [0.2, 0.25) is 0 Å². The maximum absolute atomic E-state index is 12.5. The smallest absolute Gasteiger partial charge is 0.257 e. The van der Waals surface area contributed by atoms with E-state index in [1.54, 1.807) is 38.5 Å². The van der Waals surface area contributed by atoms with Crippen molar-refractivity contribution in [3.63, 3.8) is 0 Å². The van der Waals surface area contributed by atoms with Crippen molar-refractivity contribution in [1.82, 2.24) is 10.3 Å². The van der Waals surface area contributed by atoms with Gasteiger partial charge in [-0.1, -0.05) is 6.07 Å². The van der Waals surface area contributed by atoms with Gasteiger partial charge in [0.05, 0.1) is 26.0 Å². The van der Waals surface area contributed by atoms with Crippen molar-refractivity contribution in [2.75, 3.05) is 19.5 Å². The van der Waals surface area contributed by atoms with E-state index in [2.05, 4.69) is 15.6 Å². The van der Waals surface area contributed by atoms with Crippen molar-refractivity contribution in [3.8, 4) is 28.5 Å². The fraction of sp³-hybridized carbons (Fsp3) is 0.227. The van der Waals surface area contributed by atoms with Crippen molar-refractivity contribution in [2.45, 2.75) is 20.0 Å². The number of thiazole rings is 1. The second-order valence-corrected chi connectivity index (χ2v) is 7.98. The third-order valence-electron chi connectivity index (χ3n) is 4.10. The summed E-state index contributed by atoms with van der Waals surface area (Å²) in [6, 6.07) is 12.5. The van der Waals surface area contributed by atoms with Gasteiger partial charge in [0.25, 0.3) is 5.91 Å². The molecule has 0 aliphatic heterocycles. The van der Waals surface area contributed by atoms with E-state index < -0.39 is 0 Å². The van der Waals surface area contributed by atoms with Crippen LogP contribution in [0.5, 0.6) is 17.2 Å². The van der Waals surface area contributed by atoms with E-state index in [-0.39, 0.29) is 17.1 Å². The summed E-state index contributed by atoms with van der Waals surface area (Å²) in [6.45, 7) is 3.85. The standard InChI is InChI=1S/C22H23N3O4S2/c1-13(2)29-16-7-5-6-15(10-16)20(26)24-21(30)25-22-23-17(12-31-22)14-8-9-18(27-3)19(11-14)28-4/h5-13H,1-4H3,(H2,23,24,25,26,30). The molecule has 2 N–H and O–H groups in total. The molecule has 0 atom stereocenters. The molecule has 0 saturated carbocycles. The van der Waals surface area contributed by atoms with Gasteiger partial charge in [-0.05, 0) is 62.5 Å². The predicted octanol–water partition coefficient (Wildman–Crippen LogP) is 4.74. The number of amides is 1. The van der Waals surface area contributed by atoms with Crippen LogP contribution in [0.3, 0.4) is 0 Å². The van der Waals surface area contributed by atoms with Crippen LogP contribution in [0.4, 0.5) is 5.13 Å². The average molecular weight is 458 g/mol. The maximum Gasteiger partial charge on any atom is 0.257 e. The average Bonchev–Trinajstić information content (AvgIpc) is 3.21. The van der Waals surface area contributed by atoms with Crippen molar-refractivity contribution in [1.29, 1.82) is 0 Å². The molecule has 0 fully saturated rings. The molecule has 0 unspecified atom stereocenters. The fourth-order valence-electron chi connectivity index (χ4n) is 2.75. The largest absolute Gasteiger partial charge is 0.493 e. The number of anilines is 1. The van der Waals surface area contributed by atoms with Gasteiger partial charge in [0.15, 0.2) is 21.7 Å². The number of aromatic nitrogens is 1. The van der Waals surface area contributed by atoms with Crippen LogP contribution in [0.15, 0.2) is 47.8 Å². The molecule has 162 valence electrons. The Labute approximate surface area is 190 Å². The molecule has 1 amide bonds. The number of carbonyl (C=O) groups excluding carboxylic acids is 1. The van der Waals surface area contributed by atoms with Crippen molar-refractivity contribution in [2.24, 2.45) is 0 Å². The van der Waals surface area contributed by atoms with E-state index >= 15 is 0 Å². The van der Waals surface area contributed by atoms with E-state index in [1.165, 1.54) is 11.3 Å². The number of rotatable bonds is 7. The highest BCUT2D eigenvalue weighted by atomic mass is 32.1. The number of ether oxygens (including phenoxy) is 3. The van der Waals surface area contributed by atoms with Crippen LogP contribution in [-0.4, -0.2) is 36.3 Å². The number of benzene rings is 2. The van der Waals surface area contributed by atoms with Crippen molar-refractivity contribution < 1.29 is 19.0 Å². The molecule has 0 bridgehead atoms. The first-order valence-electron chi connectivity index (χ1n) is 9.46. The van der Waals surface area contributed by atoms with E-state index in [0.717, 1.165) is 11.3 Å². The highest BCUT2D eigenvalue weighted by Gasteiger charge is 2.13. The zero-order chi connectivity index (χ0) is 22.4. The van der Waals surface area contributed by atoms with Crippen LogP contribution in [-0.2, 0) is 0 Å². The van der Waals surface area contributed by atoms with Crippen LogP contribution in [0.25, 0.3) is 11.3 Å². The lowest BCUT2D eigenvalue weighted by molar-refractivity contribution is 0.0977. The Morgan fingerprint density at radius 3 is 2.58 bits per heavy atom. The summed E-state index contributed by atoms with van der Waals surface area (Å²) in [5.74, 6) is 1.56. The molecule has 2 aromatic carbocycles. The Balaban J connectivity index is 1.64. The summed E-state index contributed by atoms with van der Waals surface area (Å²) >= 11 is 6.64. The molecular formula is C22H23N3O4S2. The molecule has 3 rings (SSSR count). The van der Waals surface area contributed by atoms with Gasteiger partial charge in [-0.25, -0.2) is 4.98 Å². The Morgan fingerprint density at radius 1 is 1.10 bits per heavy atom. The lowest BCUT2D eigenvalue weighted by atomic mass is 10.1. The lowest BCUT2D eigenvalue weighted by Gasteiger charge is -2.11. The maximum atomic E-state index is 12.5. The minimum Gasteiger partial charge on any atom is -0.493 e.